The molecule has 1 aliphatic carbocycles. The minimum atomic E-state index is -0.630. The van der Waals surface area contributed by atoms with E-state index in [-0.39, 0.29) is 18.4 Å². The summed E-state index contributed by atoms with van der Waals surface area (Å²) in [6.45, 7) is 2.04. The highest BCUT2D eigenvalue weighted by molar-refractivity contribution is 6.51. The van der Waals surface area contributed by atoms with Gasteiger partial charge in [0.05, 0.1) is 0 Å². The predicted molar refractivity (Wildman–Crippen MR) is 34.2 cm³/mol. The van der Waals surface area contributed by atoms with Crippen LogP contribution in [0.2, 0.25) is 0 Å². The number of halogens is 2. The quantitative estimate of drug-likeness (QED) is 0.567. The van der Waals surface area contributed by atoms with Gasteiger partial charge in [0.1, 0.15) is 4.33 Å². The number of hydrogen-bond donors (Lipinski definition) is 1. The maximum atomic E-state index is 8.54. The van der Waals surface area contributed by atoms with Crippen LogP contribution in [0.1, 0.15) is 6.92 Å². The van der Waals surface area contributed by atoms with Crippen LogP contribution in [0.25, 0.3) is 0 Å². The monoisotopic (exact) mass is 154 g/mol. The second-order valence-electron chi connectivity index (χ2n) is 2.25. The largest absolute Gasteiger partial charge is 0.396 e. The maximum Gasteiger partial charge on any atom is 0.126 e. The molecule has 0 amide bonds. The zero-order valence-electron chi connectivity index (χ0n) is 4.56. The highest BCUT2D eigenvalue weighted by Gasteiger charge is 2.59. The van der Waals surface area contributed by atoms with Gasteiger partial charge in [-0.15, -0.1) is 23.2 Å². The Morgan fingerprint density at radius 3 is 2.00 bits per heavy atom. The Morgan fingerprint density at radius 2 is 2.00 bits per heavy atom. The van der Waals surface area contributed by atoms with Gasteiger partial charge in [0.2, 0.25) is 0 Å². The lowest BCUT2D eigenvalue weighted by Gasteiger charge is -1.90. The van der Waals surface area contributed by atoms with Crippen LogP contribution in [-0.4, -0.2) is 16.0 Å². The molecule has 0 aromatic heterocycles. The van der Waals surface area contributed by atoms with Crippen molar-refractivity contribution >= 4 is 23.2 Å². The minimum Gasteiger partial charge on any atom is -0.396 e. The number of aliphatic hydroxyl groups excluding tert-OH is 1. The molecule has 0 aliphatic heterocycles. The molecule has 1 saturated carbocycles. The summed E-state index contributed by atoms with van der Waals surface area (Å²) in [4.78, 5) is 0. The molecular formula is C5H8Cl2O. The Morgan fingerprint density at radius 1 is 1.62 bits per heavy atom. The van der Waals surface area contributed by atoms with Gasteiger partial charge in [-0.2, -0.15) is 0 Å². The van der Waals surface area contributed by atoms with E-state index < -0.39 is 4.33 Å². The van der Waals surface area contributed by atoms with E-state index in [9.17, 15) is 0 Å². The molecule has 0 heterocycles. The zero-order valence-corrected chi connectivity index (χ0v) is 6.08. The van der Waals surface area contributed by atoms with Crippen LogP contribution in [0.5, 0.6) is 0 Å². The van der Waals surface area contributed by atoms with Crippen LogP contribution in [0.3, 0.4) is 0 Å². The Bertz CT molecular complexity index is 103. The lowest BCUT2D eigenvalue weighted by molar-refractivity contribution is 0.269. The van der Waals surface area contributed by atoms with Crippen molar-refractivity contribution in [2.75, 3.05) is 6.61 Å². The van der Waals surface area contributed by atoms with Crippen molar-refractivity contribution in [3.05, 3.63) is 0 Å². The predicted octanol–water partition coefficient (Wildman–Crippen LogP) is 1.42. The Kier molecular flexibility index (Phi) is 1.46. The Balaban J connectivity index is 2.45. The Hall–Kier alpha value is 0.540. The van der Waals surface area contributed by atoms with E-state index in [1.807, 2.05) is 6.92 Å². The van der Waals surface area contributed by atoms with E-state index in [4.69, 9.17) is 28.3 Å². The molecule has 1 nitrogen and oxygen atoms in total. The molecule has 0 saturated heterocycles. The van der Waals surface area contributed by atoms with Crippen LogP contribution >= 0.6 is 23.2 Å². The summed E-state index contributed by atoms with van der Waals surface area (Å²) in [5.74, 6) is 0.363. The molecule has 1 N–H and O–H groups in total. The first-order valence-electron chi connectivity index (χ1n) is 2.59. The molecule has 1 rings (SSSR count). The molecule has 1 aliphatic rings. The van der Waals surface area contributed by atoms with E-state index in [1.54, 1.807) is 0 Å². The third-order valence-electron chi connectivity index (χ3n) is 1.79. The first-order chi connectivity index (χ1) is 3.60. The molecule has 8 heavy (non-hydrogen) atoms. The fourth-order valence-electron chi connectivity index (χ4n) is 0.840. The van der Waals surface area contributed by atoms with E-state index in [2.05, 4.69) is 0 Å². The van der Waals surface area contributed by atoms with E-state index >= 15 is 0 Å². The van der Waals surface area contributed by atoms with Crippen LogP contribution in [0, 0.1) is 11.8 Å². The van der Waals surface area contributed by atoms with Crippen molar-refractivity contribution in [2.24, 2.45) is 11.8 Å². The van der Waals surface area contributed by atoms with Crippen LogP contribution in [0.4, 0.5) is 0 Å². The van der Waals surface area contributed by atoms with Crippen molar-refractivity contribution in [3.8, 4) is 0 Å². The molecule has 3 heteroatoms. The Labute approximate surface area is 58.6 Å². The molecule has 0 spiro atoms. The topological polar surface area (TPSA) is 20.2 Å². The maximum absolute atomic E-state index is 8.54. The molecule has 0 unspecified atom stereocenters. The van der Waals surface area contributed by atoms with Gasteiger partial charge in [-0.05, 0) is 5.92 Å². The van der Waals surface area contributed by atoms with Gasteiger partial charge in [-0.25, -0.2) is 0 Å². The van der Waals surface area contributed by atoms with Crippen LogP contribution in [0.15, 0.2) is 0 Å². The third-order valence-corrected chi connectivity index (χ3v) is 3.04. The van der Waals surface area contributed by atoms with Crippen molar-refractivity contribution in [2.45, 2.75) is 11.3 Å². The molecule has 0 radical (unpaired) electrons. The van der Waals surface area contributed by atoms with Crippen molar-refractivity contribution < 1.29 is 5.11 Å². The molecule has 2 atom stereocenters. The third kappa shape index (κ3) is 0.734. The summed E-state index contributed by atoms with van der Waals surface area (Å²) in [6.07, 6.45) is 0. The summed E-state index contributed by atoms with van der Waals surface area (Å²) < 4.78 is -0.630. The summed E-state index contributed by atoms with van der Waals surface area (Å²) in [5, 5.41) is 8.54. The molecule has 0 aromatic carbocycles. The van der Waals surface area contributed by atoms with Gasteiger partial charge < -0.3 is 5.11 Å². The van der Waals surface area contributed by atoms with E-state index in [1.165, 1.54) is 0 Å². The van der Waals surface area contributed by atoms with Gasteiger partial charge in [0, 0.05) is 12.5 Å². The average molecular weight is 155 g/mol. The lowest BCUT2D eigenvalue weighted by atomic mass is 10.4. The van der Waals surface area contributed by atoms with E-state index in [0.29, 0.717) is 0 Å². The number of aliphatic hydroxyl groups is 1. The zero-order chi connectivity index (χ0) is 6.36. The van der Waals surface area contributed by atoms with Crippen molar-refractivity contribution in [3.63, 3.8) is 0 Å². The standard InChI is InChI=1S/C5H8Cl2O/c1-3-4(2-8)5(3,6)7/h3-4,8H,2H2,1H3/t3-,4-/m0/s1. The summed E-state index contributed by atoms with van der Waals surface area (Å²) in [7, 11) is 0. The summed E-state index contributed by atoms with van der Waals surface area (Å²) >= 11 is 11.3. The van der Waals surface area contributed by atoms with Gasteiger partial charge in [-0.1, -0.05) is 6.92 Å². The second-order valence-corrected chi connectivity index (χ2v) is 3.70. The number of hydrogen-bond acceptors (Lipinski definition) is 1. The fourth-order valence-corrected chi connectivity index (χ4v) is 1.53. The number of alkyl halides is 2. The lowest BCUT2D eigenvalue weighted by Crippen LogP contribution is -1.93. The molecule has 0 bridgehead atoms. The SMILES string of the molecule is C[C@H]1[C@H](CO)C1(Cl)Cl. The molecule has 0 aromatic rings. The number of rotatable bonds is 1. The average Bonchev–Trinajstić information content (AvgIpc) is 2.09. The van der Waals surface area contributed by atoms with Crippen LogP contribution in [-0.2, 0) is 0 Å². The molecule has 1 fully saturated rings. The molecular weight excluding hydrogens is 147 g/mol. The minimum absolute atomic E-state index is 0.103. The van der Waals surface area contributed by atoms with Gasteiger partial charge in [0.25, 0.3) is 0 Å². The smallest absolute Gasteiger partial charge is 0.126 e. The first-order valence-corrected chi connectivity index (χ1v) is 3.35. The van der Waals surface area contributed by atoms with Crippen LogP contribution < -0.4 is 0 Å². The van der Waals surface area contributed by atoms with Crippen molar-refractivity contribution in [1.29, 1.82) is 0 Å². The highest BCUT2D eigenvalue weighted by atomic mass is 35.5. The van der Waals surface area contributed by atoms with Gasteiger partial charge in [-0.3, -0.25) is 0 Å². The molecule has 48 valence electrons. The summed E-state index contributed by atoms with van der Waals surface area (Å²) in [6, 6.07) is 0. The highest BCUT2D eigenvalue weighted by Crippen LogP contribution is 2.58. The van der Waals surface area contributed by atoms with Gasteiger partial charge >= 0.3 is 0 Å². The second kappa shape index (κ2) is 1.76. The van der Waals surface area contributed by atoms with Crippen molar-refractivity contribution in [1.82, 2.24) is 0 Å². The summed E-state index contributed by atoms with van der Waals surface area (Å²) in [5.41, 5.74) is 0. The first kappa shape index (κ1) is 6.66. The van der Waals surface area contributed by atoms with Gasteiger partial charge in [0.15, 0.2) is 0 Å². The van der Waals surface area contributed by atoms with E-state index in [0.717, 1.165) is 0 Å². The normalized spacial score (nSPS) is 42.0. The fraction of sp³-hybridized carbons (Fsp3) is 1.00.